The van der Waals surface area contributed by atoms with Crippen molar-refractivity contribution in [3.8, 4) is 0 Å². The quantitative estimate of drug-likeness (QED) is 0.691. The van der Waals surface area contributed by atoms with Crippen LogP contribution in [-0.4, -0.2) is 46.6 Å². The highest BCUT2D eigenvalue weighted by atomic mass is 32.1. The van der Waals surface area contributed by atoms with E-state index in [0.717, 1.165) is 0 Å². The zero-order chi connectivity index (χ0) is 10.8. The second-order valence-corrected chi connectivity index (χ2v) is 5.17. The zero-order valence-corrected chi connectivity index (χ0v) is 9.46. The molecule has 1 unspecified atom stereocenters. The number of hydrogen-bond acceptors (Lipinski definition) is 4. The molecule has 0 radical (unpaired) electrons. The largest absolute Gasteiger partial charge is 0.447 e. The minimum absolute atomic E-state index is 0.00937. The van der Waals surface area contributed by atoms with Crippen molar-refractivity contribution in [2.24, 2.45) is 0 Å². The highest BCUT2D eigenvalue weighted by Crippen LogP contribution is 2.27. The first-order chi connectivity index (χ1) is 6.46. The highest BCUT2D eigenvalue weighted by molar-refractivity contribution is 7.81. The van der Waals surface area contributed by atoms with Gasteiger partial charge in [-0.1, -0.05) is 0 Å². The lowest BCUT2D eigenvalue weighted by molar-refractivity contribution is 0.153. The Morgan fingerprint density at radius 2 is 2.36 bits per heavy atom. The van der Waals surface area contributed by atoms with E-state index in [1.807, 2.05) is 13.8 Å². The molecule has 1 aliphatic rings. The molecule has 0 spiro atoms. The summed E-state index contributed by atoms with van der Waals surface area (Å²) in [5, 5.41) is 8.70. The summed E-state index contributed by atoms with van der Waals surface area (Å²) in [6, 6.07) is -0.00937. The zero-order valence-electron chi connectivity index (χ0n) is 8.56. The van der Waals surface area contributed by atoms with Crippen LogP contribution in [0.4, 0.5) is 4.79 Å². The van der Waals surface area contributed by atoms with Crippen molar-refractivity contribution in [3.63, 3.8) is 0 Å². The van der Waals surface area contributed by atoms with E-state index in [1.54, 1.807) is 4.90 Å². The molecule has 5 heteroatoms. The van der Waals surface area contributed by atoms with Gasteiger partial charge < -0.3 is 14.7 Å². The molecule has 1 atom stereocenters. The predicted octanol–water partition coefficient (Wildman–Crippen LogP) is 0.898. The molecule has 0 aromatic rings. The lowest BCUT2D eigenvalue weighted by Crippen LogP contribution is -2.45. The average Bonchev–Trinajstić information content (AvgIpc) is 2.42. The van der Waals surface area contributed by atoms with Gasteiger partial charge in [-0.25, -0.2) is 4.79 Å². The molecule has 1 aliphatic heterocycles. The number of nitrogens with zero attached hydrogens (tertiary/aromatic N) is 1. The molecule has 4 nitrogen and oxygen atoms in total. The maximum Gasteiger partial charge on any atom is 0.410 e. The van der Waals surface area contributed by atoms with E-state index >= 15 is 0 Å². The summed E-state index contributed by atoms with van der Waals surface area (Å²) in [7, 11) is 0. The number of aliphatic hydroxyl groups excluding tert-OH is 1. The van der Waals surface area contributed by atoms with E-state index in [0.29, 0.717) is 19.6 Å². The van der Waals surface area contributed by atoms with Gasteiger partial charge in [0.1, 0.15) is 6.61 Å². The summed E-state index contributed by atoms with van der Waals surface area (Å²) >= 11 is 4.44. The van der Waals surface area contributed by atoms with Crippen LogP contribution in [0, 0.1) is 0 Å². The van der Waals surface area contributed by atoms with E-state index in [9.17, 15) is 4.79 Å². The van der Waals surface area contributed by atoms with Crippen LogP contribution in [0.2, 0.25) is 0 Å². The Bertz CT molecular complexity index is 215. The van der Waals surface area contributed by atoms with Gasteiger partial charge in [-0.05, 0) is 20.3 Å². The van der Waals surface area contributed by atoms with Crippen molar-refractivity contribution >= 4 is 18.7 Å². The van der Waals surface area contributed by atoms with E-state index in [-0.39, 0.29) is 23.5 Å². The van der Waals surface area contributed by atoms with Gasteiger partial charge in [0.25, 0.3) is 0 Å². The van der Waals surface area contributed by atoms with E-state index < -0.39 is 0 Å². The Hall–Kier alpha value is -0.420. The van der Waals surface area contributed by atoms with Gasteiger partial charge >= 0.3 is 6.09 Å². The normalized spacial score (nSPS) is 22.7. The number of rotatable bonds is 4. The maximum atomic E-state index is 11.3. The van der Waals surface area contributed by atoms with E-state index in [1.165, 1.54) is 0 Å². The number of amides is 1. The predicted molar refractivity (Wildman–Crippen MR) is 56.6 cm³/mol. The smallest absolute Gasteiger partial charge is 0.410 e. The van der Waals surface area contributed by atoms with Crippen LogP contribution in [0.15, 0.2) is 0 Å². The van der Waals surface area contributed by atoms with Crippen molar-refractivity contribution < 1.29 is 14.6 Å². The van der Waals surface area contributed by atoms with Gasteiger partial charge in [0, 0.05) is 17.9 Å². The average molecular weight is 219 g/mol. The molecule has 1 heterocycles. The summed E-state index contributed by atoms with van der Waals surface area (Å²) < 4.78 is 4.68. The topological polar surface area (TPSA) is 49.8 Å². The van der Waals surface area contributed by atoms with Crippen LogP contribution < -0.4 is 0 Å². The van der Waals surface area contributed by atoms with Gasteiger partial charge in [0.15, 0.2) is 0 Å². The van der Waals surface area contributed by atoms with Crippen molar-refractivity contribution in [2.75, 3.05) is 19.8 Å². The fourth-order valence-corrected chi connectivity index (χ4v) is 1.74. The van der Waals surface area contributed by atoms with E-state index in [4.69, 9.17) is 9.84 Å². The van der Waals surface area contributed by atoms with Crippen LogP contribution in [0.25, 0.3) is 0 Å². The SMILES string of the molecule is CC(C)(S)C1COC(=O)N1CCCO. The van der Waals surface area contributed by atoms with Crippen molar-refractivity contribution in [3.05, 3.63) is 0 Å². The number of carbonyl (C=O) groups is 1. The summed E-state index contributed by atoms with van der Waals surface area (Å²) in [5.74, 6) is 0. The van der Waals surface area contributed by atoms with Crippen LogP contribution in [0.5, 0.6) is 0 Å². The molecule has 1 saturated heterocycles. The standard InChI is InChI=1S/C9H17NO3S/c1-9(2,14)7-6-13-8(12)10(7)4-3-5-11/h7,11,14H,3-6H2,1-2H3. The van der Waals surface area contributed by atoms with Crippen LogP contribution in [0.1, 0.15) is 20.3 Å². The Morgan fingerprint density at radius 1 is 1.71 bits per heavy atom. The summed E-state index contributed by atoms with van der Waals surface area (Å²) in [6.45, 7) is 4.91. The van der Waals surface area contributed by atoms with Gasteiger partial charge in [0.05, 0.1) is 6.04 Å². The second kappa shape index (κ2) is 4.40. The number of thiol groups is 1. The molecule has 0 bridgehead atoms. The molecule has 1 fully saturated rings. The minimum atomic E-state index is -0.300. The first-order valence-corrected chi connectivity index (χ1v) is 5.18. The van der Waals surface area contributed by atoms with Gasteiger partial charge in [-0.3, -0.25) is 0 Å². The van der Waals surface area contributed by atoms with Crippen LogP contribution in [0.3, 0.4) is 0 Å². The molecule has 82 valence electrons. The maximum absolute atomic E-state index is 11.3. The fraction of sp³-hybridized carbons (Fsp3) is 0.889. The lowest BCUT2D eigenvalue weighted by Gasteiger charge is -2.31. The second-order valence-electron chi connectivity index (χ2n) is 4.02. The molecular weight excluding hydrogens is 202 g/mol. The molecule has 0 aromatic carbocycles. The molecule has 0 aromatic heterocycles. The van der Waals surface area contributed by atoms with E-state index in [2.05, 4.69) is 12.6 Å². The molecule has 1 rings (SSSR count). The molecular formula is C9H17NO3S. The Labute approximate surface area is 89.6 Å². The molecule has 1 N–H and O–H groups in total. The number of carbonyl (C=O) groups excluding carboxylic acids is 1. The van der Waals surface area contributed by atoms with Crippen molar-refractivity contribution in [1.29, 1.82) is 0 Å². The molecule has 1 amide bonds. The Kier molecular flexibility index (Phi) is 3.66. The summed E-state index contributed by atoms with van der Waals surface area (Å²) in [4.78, 5) is 13.0. The first-order valence-electron chi connectivity index (χ1n) is 4.73. The lowest BCUT2D eigenvalue weighted by atomic mass is 10.0. The molecule has 0 aliphatic carbocycles. The molecule has 0 saturated carbocycles. The Morgan fingerprint density at radius 3 is 2.86 bits per heavy atom. The third kappa shape index (κ3) is 2.54. The van der Waals surface area contributed by atoms with Crippen LogP contribution >= 0.6 is 12.6 Å². The van der Waals surface area contributed by atoms with Gasteiger partial charge in [0.2, 0.25) is 0 Å². The van der Waals surface area contributed by atoms with Crippen molar-refractivity contribution in [1.82, 2.24) is 4.90 Å². The van der Waals surface area contributed by atoms with Gasteiger partial charge in [-0.2, -0.15) is 12.6 Å². The van der Waals surface area contributed by atoms with Gasteiger partial charge in [-0.15, -0.1) is 0 Å². The van der Waals surface area contributed by atoms with Crippen molar-refractivity contribution in [2.45, 2.75) is 31.1 Å². The number of cyclic esters (lactones) is 1. The monoisotopic (exact) mass is 219 g/mol. The highest BCUT2D eigenvalue weighted by Gasteiger charge is 2.40. The minimum Gasteiger partial charge on any atom is -0.447 e. The molecule has 14 heavy (non-hydrogen) atoms. The van der Waals surface area contributed by atoms with Crippen LogP contribution in [-0.2, 0) is 4.74 Å². The number of ether oxygens (including phenoxy) is 1. The fourth-order valence-electron chi connectivity index (χ4n) is 1.52. The first kappa shape index (κ1) is 11.7. The Balaban J connectivity index is 2.62. The number of hydrogen-bond donors (Lipinski definition) is 2. The third-order valence-electron chi connectivity index (χ3n) is 2.35. The number of aliphatic hydroxyl groups is 1. The summed E-state index contributed by atoms with van der Waals surface area (Å²) in [6.07, 6.45) is 0.278. The summed E-state index contributed by atoms with van der Waals surface area (Å²) in [5.41, 5.74) is 0. The third-order valence-corrected chi connectivity index (χ3v) is 2.65.